The first kappa shape index (κ1) is 11.7. The second-order valence-electron chi connectivity index (χ2n) is 5.46. The van der Waals surface area contributed by atoms with Crippen LogP contribution in [0, 0.1) is 5.92 Å². The van der Waals surface area contributed by atoms with Gasteiger partial charge >= 0.3 is 0 Å². The number of hydrogen-bond donors (Lipinski definition) is 0. The van der Waals surface area contributed by atoms with E-state index in [0.717, 1.165) is 37.3 Å². The Balaban J connectivity index is 2.10. The highest BCUT2D eigenvalue weighted by molar-refractivity contribution is 5.76. The van der Waals surface area contributed by atoms with Crippen LogP contribution in [0.3, 0.4) is 0 Å². The molecule has 2 aromatic rings. The molecule has 3 rings (SSSR count). The Kier molecular flexibility index (Phi) is 3.08. The highest BCUT2D eigenvalue weighted by Gasteiger charge is 2.24. The van der Waals surface area contributed by atoms with Crippen LogP contribution in [0.25, 0.3) is 11.0 Å². The van der Waals surface area contributed by atoms with Crippen LogP contribution in [-0.2, 0) is 11.3 Å². The van der Waals surface area contributed by atoms with E-state index in [1.54, 1.807) is 0 Å². The first-order valence-electron chi connectivity index (χ1n) is 6.82. The fraction of sp³-hybridized carbons (Fsp3) is 0.533. The summed E-state index contributed by atoms with van der Waals surface area (Å²) in [7, 11) is 0. The van der Waals surface area contributed by atoms with E-state index in [1.807, 2.05) is 6.07 Å². The van der Waals surface area contributed by atoms with Crippen LogP contribution in [0.2, 0.25) is 0 Å². The number of rotatable bonds is 3. The molecule has 1 atom stereocenters. The number of fused-ring (bicyclic) bond motifs is 1. The van der Waals surface area contributed by atoms with Gasteiger partial charge < -0.3 is 9.30 Å². The van der Waals surface area contributed by atoms with Crippen molar-refractivity contribution in [2.75, 3.05) is 6.61 Å². The van der Waals surface area contributed by atoms with Gasteiger partial charge in [0.15, 0.2) is 0 Å². The van der Waals surface area contributed by atoms with E-state index in [-0.39, 0.29) is 6.10 Å². The standard InChI is InChI=1S/C15H20N2O/c1-11(2)10-17-13-7-4-3-6-12(13)16-15(17)14-8-5-9-18-14/h3-4,6-7,11,14H,5,8-10H2,1-2H3. The lowest BCUT2D eigenvalue weighted by molar-refractivity contribution is 0.102. The topological polar surface area (TPSA) is 27.1 Å². The molecule has 1 unspecified atom stereocenters. The molecule has 0 radical (unpaired) electrons. The summed E-state index contributed by atoms with van der Waals surface area (Å²) < 4.78 is 8.15. The van der Waals surface area contributed by atoms with Gasteiger partial charge in [0.05, 0.1) is 11.0 Å². The summed E-state index contributed by atoms with van der Waals surface area (Å²) >= 11 is 0. The van der Waals surface area contributed by atoms with E-state index < -0.39 is 0 Å². The molecule has 0 amide bonds. The number of ether oxygens (including phenoxy) is 1. The zero-order valence-corrected chi connectivity index (χ0v) is 11.1. The van der Waals surface area contributed by atoms with Gasteiger partial charge in [0.1, 0.15) is 11.9 Å². The number of nitrogens with zero attached hydrogens (tertiary/aromatic N) is 2. The molecule has 96 valence electrons. The first-order valence-corrected chi connectivity index (χ1v) is 6.82. The van der Waals surface area contributed by atoms with Crippen molar-refractivity contribution < 1.29 is 4.74 Å². The third-order valence-corrected chi connectivity index (χ3v) is 3.45. The van der Waals surface area contributed by atoms with Gasteiger partial charge in [-0.15, -0.1) is 0 Å². The Morgan fingerprint density at radius 2 is 2.22 bits per heavy atom. The highest BCUT2D eigenvalue weighted by atomic mass is 16.5. The Bertz CT molecular complexity index is 538. The first-order chi connectivity index (χ1) is 8.75. The largest absolute Gasteiger partial charge is 0.370 e. The monoisotopic (exact) mass is 244 g/mol. The third-order valence-electron chi connectivity index (χ3n) is 3.45. The van der Waals surface area contributed by atoms with Crippen molar-refractivity contribution in [2.24, 2.45) is 5.92 Å². The third kappa shape index (κ3) is 2.03. The predicted octanol–water partition coefficient (Wildman–Crippen LogP) is 3.54. The van der Waals surface area contributed by atoms with Crippen LogP contribution in [0.4, 0.5) is 0 Å². The van der Waals surface area contributed by atoms with E-state index in [2.05, 4.69) is 36.6 Å². The molecule has 1 fully saturated rings. The minimum Gasteiger partial charge on any atom is -0.370 e. The normalized spacial score (nSPS) is 20.1. The molecule has 18 heavy (non-hydrogen) atoms. The van der Waals surface area contributed by atoms with E-state index >= 15 is 0 Å². The number of para-hydroxylation sites is 2. The molecule has 0 saturated carbocycles. The Morgan fingerprint density at radius 3 is 2.94 bits per heavy atom. The summed E-state index contributed by atoms with van der Waals surface area (Å²) in [5, 5.41) is 0. The van der Waals surface area contributed by atoms with Gasteiger partial charge in [0.2, 0.25) is 0 Å². The molecular formula is C15H20N2O. The highest BCUT2D eigenvalue weighted by Crippen LogP contribution is 2.30. The maximum atomic E-state index is 5.81. The molecule has 0 N–H and O–H groups in total. The zero-order valence-electron chi connectivity index (χ0n) is 11.1. The lowest BCUT2D eigenvalue weighted by Gasteiger charge is -2.15. The Labute approximate surface area is 108 Å². The van der Waals surface area contributed by atoms with Gasteiger partial charge in [-0.1, -0.05) is 26.0 Å². The van der Waals surface area contributed by atoms with Crippen LogP contribution >= 0.6 is 0 Å². The van der Waals surface area contributed by atoms with E-state index in [9.17, 15) is 0 Å². The number of benzene rings is 1. The molecule has 3 nitrogen and oxygen atoms in total. The van der Waals surface area contributed by atoms with Crippen LogP contribution in [0.5, 0.6) is 0 Å². The number of imidazole rings is 1. The number of aromatic nitrogens is 2. The van der Waals surface area contributed by atoms with Gasteiger partial charge in [0.25, 0.3) is 0 Å². The van der Waals surface area contributed by atoms with Crippen LogP contribution < -0.4 is 0 Å². The van der Waals surface area contributed by atoms with Gasteiger partial charge in [-0.25, -0.2) is 4.98 Å². The Hall–Kier alpha value is -1.35. The van der Waals surface area contributed by atoms with Crippen molar-refractivity contribution in [1.29, 1.82) is 0 Å². The van der Waals surface area contributed by atoms with Crippen molar-refractivity contribution in [3.8, 4) is 0 Å². The summed E-state index contributed by atoms with van der Waals surface area (Å²) in [6.07, 6.45) is 2.44. The molecule has 0 spiro atoms. The number of hydrogen-bond acceptors (Lipinski definition) is 2. The van der Waals surface area contributed by atoms with Crippen molar-refractivity contribution in [2.45, 2.75) is 39.3 Å². The smallest absolute Gasteiger partial charge is 0.139 e. The van der Waals surface area contributed by atoms with E-state index in [4.69, 9.17) is 9.72 Å². The average Bonchev–Trinajstić information content (AvgIpc) is 2.96. The summed E-state index contributed by atoms with van der Waals surface area (Å²) in [6.45, 7) is 6.37. The maximum absolute atomic E-state index is 5.81. The van der Waals surface area contributed by atoms with Crippen molar-refractivity contribution in [3.63, 3.8) is 0 Å². The average molecular weight is 244 g/mol. The molecule has 3 heteroatoms. The van der Waals surface area contributed by atoms with Crippen molar-refractivity contribution in [3.05, 3.63) is 30.1 Å². The second-order valence-corrected chi connectivity index (χ2v) is 5.46. The minimum absolute atomic E-state index is 0.191. The SMILES string of the molecule is CC(C)Cn1c(C2CCCO2)nc2ccccc21. The molecule has 1 aliphatic heterocycles. The van der Waals surface area contributed by atoms with Crippen LogP contribution in [0.1, 0.15) is 38.6 Å². The summed E-state index contributed by atoms with van der Waals surface area (Å²) in [5.74, 6) is 1.73. The summed E-state index contributed by atoms with van der Waals surface area (Å²) in [6, 6.07) is 8.38. The predicted molar refractivity (Wildman–Crippen MR) is 72.5 cm³/mol. The molecular weight excluding hydrogens is 224 g/mol. The van der Waals surface area contributed by atoms with E-state index in [1.165, 1.54) is 5.52 Å². The van der Waals surface area contributed by atoms with Crippen molar-refractivity contribution >= 4 is 11.0 Å². The van der Waals surface area contributed by atoms with Crippen LogP contribution in [0.15, 0.2) is 24.3 Å². The van der Waals surface area contributed by atoms with Gasteiger partial charge in [-0.05, 0) is 30.9 Å². The zero-order chi connectivity index (χ0) is 12.5. The van der Waals surface area contributed by atoms with Gasteiger partial charge in [0, 0.05) is 13.2 Å². The van der Waals surface area contributed by atoms with E-state index in [0.29, 0.717) is 5.92 Å². The summed E-state index contributed by atoms with van der Waals surface area (Å²) in [5.41, 5.74) is 2.32. The second kappa shape index (κ2) is 4.73. The molecule has 0 bridgehead atoms. The molecule has 1 saturated heterocycles. The lowest BCUT2D eigenvalue weighted by atomic mass is 10.2. The Morgan fingerprint density at radius 1 is 1.39 bits per heavy atom. The lowest BCUT2D eigenvalue weighted by Crippen LogP contribution is -2.11. The summed E-state index contributed by atoms with van der Waals surface area (Å²) in [4.78, 5) is 4.79. The van der Waals surface area contributed by atoms with Gasteiger partial charge in [-0.3, -0.25) is 0 Å². The minimum atomic E-state index is 0.191. The fourth-order valence-electron chi connectivity index (χ4n) is 2.68. The maximum Gasteiger partial charge on any atom is 0.139 e. The molecule has 1 aromatic heterocycles. The quantitative estimate of drug-likeness (QED) is 0.825. The fourth-order valence-corrected chi connectivity index (χ4v) is 2.68. The molecule has 0 aliphatic carbocycles. The van der Waals surface area contributed by atoms with Gasteiger partial charge in [-0.2, -0.15) is 0 Å². The molecule has 1 aliphatic rings. The van der Waals surface area contributed by atoms with Crippen molar-refractivity contribution in [1.82, 2.24) is 9.55 Å². The van der Waals surface area contributed by atoms with Crippen LogP contribution in [-0.4, -0.2) is 16.2 Å². The molecule has 1 aromatic carbocycles. The molecule has 2 heterocycles.